The minimum atomic E-state index is -3.71. The Morgan fingerprint density at radius 1 is 1.00 bits per heavy atom. The lowest BCUT2D eigenvalue weighted by atomic mass is 10.4. The monoisotopic (exact) mass is 371 g/mol. The summed E-state index contributed by atoms with van der Waals surface area (Å²) in [6.45, 7) is 2.91. The highest BCUT2D eigenvalue weighted by Crippen LogP contribution is 2.15. The van der Waals surface area contributed by atoms with E-state index in [2.05, 4.69) is 0 Å². The number of morpholine rings is 2. The van der Waals surface area contributed by atoms with Gasteiger partial charge in [0.2, 0.25) is 15.9 Å². The third-order valence-corrected chi connectivity index (χ3v) is 6.12. The summed E-state index contributed by atoms with van der Waals surface area (Å²) in [6.07, 6.45) is 1.24. The first-order valence-electron chi connectivity index (χ1n) is 8.12. The number of pyridine rings is 1. The summed E-state index contributed by atoms with van der Waals surface area (Å²) in [6, 6.07) is 2.46. The van der Waals surface area contributed by atoms with Crippen molar-refractivity contribution >= 4 is 15.9 Å². The maximum Gasteiger partial charge on any atom is 0.251 e. The molecule has 2 aliphatic rings. The summed E-state index contributed by atoms with van der Waals surface area (Å²) in [5, 5.41) is 0. The molecule has 0 radical (unpaired) electrons. The Kier molecular flexibility index (Phi) is 5.52. The van der Waals surface area contributed by atoms with Gasteiger partial charge in [0.15, 0.2) is 0 Å². The topological polar surface area (TPSA) is 98.2 Å². The molecule has 0 unspecified atom stereocenters. The number of carbonyl (C=O) groups excluding carboxylic acids is 1. The molecule has 2 fully saturated rings. The Morgan fingerprint density at radius 3 is 2.24 bits per heavy atom. The summed E-state index contributed by atoms with van der Waals surface area (Å²) in [7, 11) is -3.71. The van der Waals surface area contributed by atoms with E-state index in [1.807, 2.05) is 0 Å². The van der Waals surface area contributed by atoms with Gasteiger partial charge in [-0.25, -0.2) is 8.42 Å². The van der Waals surface area contributed by atoms with Gasteiger partial charge in [0.1, 0.15) is 6.54 Å². The molecule has 0 spiro atoms. The fourth-order valence-electron chi connectivity index (χ4n) is 2.78. The van der Waals surface area contributed by atoms with E-state index in [1.54, 1.807) is 4.90 Å². The van der Waals surface area contributed by atoms with Crippen LogP contribution in [0.1, 0.15) is 0 Å². The first-order valence-corrected chi connectivity index (χ1v) is 9.56. The molecule has 2 saturated heterocycles. The molecule has 0 saturated carbocycles. The third kappa shape index (κ3) is 4.09. The summed E-state index contributed by atoms with van der Waals surface area (Å²) in [5.41, 5.74) is -0.414. The van der Waals surface area contributed by atoms with E-state index in [1.165, 1.54) is 22.6 Å². The van der Waals surface area contributed by atoms with Crippen LogP contribution >= 0.6 is 0 Å². The summed E-state index contributed by atoms with van der Waals surface area (Å²) < 4.78 is 38.2. The number of hydrogen-bond donors (Lipinski definition) is 0. The highest BCUT2D eigenvalue weighted by molar-refractivity contribution is 7.89. The van der Waals surface area contributed by atoms with Gasteiger partial charge < -0.3 is 18.9 Å². The van der Waals surface area contributed by atoms with Crippen LogP contribution in [0.25, 0.3) is 0 Å². The van der Waals surface area contributed by atoms with Gasteiger partial charge in [-0.15, -0.1) is 0 Å². The number of hydrogen-bond acceptors (Lipinski definition) is 6. The number of nitrogens with zero attached hydrogens (tertiary/aromatic N) is 3. The second-order valence-electron chi connectivity index (χ2n) is 5.84. The van der Waals surface area contributed by atoms with E-state index >= 15 is 0 Å². The van der Waals surface area contributed by atoms with E-state index in [9.17, 15) is 18.0 Å². The van der Waals surface area contributed by atoms with Crippen molar-refractivity contribution in [2.24, 2.45) is 0 Å². The van der Waals surface area contributed by atoms with Crippen molar-refractivity contribution in [2.75, 3.05) is 52.6 Å². The zero-order chi connectivity index (χ0) is 17.9. The number of rotatable bonds is 4. The Bertz CT molecular complexity index is 779. The molecule has 25 heavy (non-hydrogen) atoms. The van der Waals surface area contributed by atoms with Crippen molar-refractivity contribution in [3.8, 4) is 0 Å². The second-order valence-corrected chi connectivity index (χ2v) is 7.78. The molecule has 138 valence electrons. The fourth-order valence-corrected chi connectivity index (χ4v) is 4.21. The average molecular weight is 371 g/mol. The van der Waals surface area contributed by atoms with Gasteiger partial charge in [-0.05, 0) is 6.07 Å². The molecule has 0 bridgehead atoms. The Labute approximate surface area is 145 Å². The van der Waals surface area contributed by atoms with Crippen LogP contribution in [-0.2, 0) is 30.8 Å². The molecule has 0 aromatic carbocycles. The van der Waals surface area contributed by atoms with Crippen molar-refractivity contribution in [3.05, 3.63) is 28.7 Å². The van der Waals surface area contributed by atoms with Crippen LogP contribution in [0.3, 0.4) is 0 Å². The van der Waals surface area contributed by atoms with Gasteiger partial charge in [-0.2, -0.15) is 4.31 Å². The predicted molar refractivity (Wildman–Crippen MR) is 87.7 cm³/mol. The summed E-state index contributed by atoms with van der Waals surface area (Å²) >= 11 is 0. The normalized spacial score (nSPS) is 19.8. The van der Waals surface area contributed by atoms with Gasteiger partial charge >= 0.3 is 0 Å². The van der Waals surface area contributed by atoms with E-state index in [-0.39, 0.29) is 30.4 Å². The quantitative estimate of drug-likeness (QED) is 0.654. The van der Waals surface area contributed by atoms with Crippen LogP contribution in [0, 0.1) is 0 Å². The zero-order valence-corrected chi connectivity index (χ0v) is 14.6. The van der Waals surface area contributed by atoms with Crippen molar-refractivity contribution in [1.82, 2.24) is 13.8 Å². The summed E-state index contributed by atoms with van der Waals surface area (Å²) in [4.78, 5) is 26.0. The lowest BCUT2D eigenvalue weighted by Gasteiger charge is -2.27. The van der Waals surface area contributed by atoms with Gasteiger partial charge in [0.05, 0.1) is 31.3 Å². The molecule has 0 aliphatic carbocycles. The number of amides is 1. The number of ether oxygens (including phenoxy) is 2. The van der Waals surface area contributed by atoms with Crippen LogP contribution in [0.4, 0.5) is 0 Å². The molecule has 0 N–H and O–H groups in total. The van der Waals surface area contributed by atoms with E-state index in [4.69, 9.17) is 9.47 Å². The molecule has 3 heterocycles. The fraction of sp³-hybridized carbons (Fsp3) is 0.600. The number of carbonyl (C=O) groups is 1. The molecule has 9 nitrogen and oxygen atoms in total. The third-order valence-electron chi connectivity index (χ3n) is 4.23. The van der Waals surface area contributed by atoms with Crippen molar-refractivity contribution < 1.29 is 22.7 Å². The number of aromatic nitrogens is 1. The molecular weight excluding hydrogens is 350 g/mol. The van der Waals surface area contributed by atoms with Crippen molar-refractivity contribution in [1.29, 1.82) is 0 Å². The highest BCUT2D eigenvalue weighted by atomic mass is 32.2. The smallest absolute Gasteiger partial charge is 0.251 e. The standard InChI is InChI=1S/C15H21N3O6S/c19-14-2-1-13(25(21,22)18-5-9-24-10-6-18)11-17(14)12-15(20)16-3-7-23-8-4-16/h1-2,11H,3-10,12H2. The number of sulfonamides is 1. The molecule has 0 atom stereocenters. The molecule has 3 rings (SSSR count). The lowest BCUT2D eigenvalue weighted by Crippen LogP contribution is -2.43. The van der Waals surface area contributed by atoms with Crippen LogP contribution < -0.4 is 5.56 Å². The molecule has 10 heteroatoms. The first kappa shape index (κ1) is 18.1. The van der Waals surface area contributed by atoms with Crippen molar-refractivity contribution in [2.45, 2.75) is 11.4 Å². The minimum Gasteiger partial charge on any atom is -0.379 e. The first-order chi connectivity index (χ1) is 12.0. The SMILES string of the molecule is O=C(Cn1cc(S(=O)(=O)N2CCOCC2)ccc1=O)N1CCOCC1. The predicted octanol–water partition coefficient (Wildman–Crippen LogP) is -1.27. The Balaban J connectivity index is 1.80. The minimum absolute atomic E-state index is 0.00350. The van der Waals surface area contributed by atoms with Gasteiger partial charge in [-0.3, -0.25) is 9.59 Å². The summed E-state index contributed by atoms with van der Waals surface area (Å²) in [5.74, 6) is -0.230. The highest BCUT2D eigenvalue weighted by Gasteiger charge is 2.27. The molecule has 1 aromatic heterocycles. The van der Waals surface area contributed by atoms with E-state index in [0.717, 1.165) is 4.57 Å². The molecule has 1 aromatic rings. The van der Waals surface area contributed by atoms with Gasteiger partial charge in [0.25, 0.3) is 5.56 Å². The van der Waals surface area contributed by atoms with Crippen LogP contribution in [0.2, 0.25) is 0 Å². The molecule has 2 aliphatic heterocycles. The Hall–Kier alpha value is -1.75. The van der Waals surface area contributed by atoms with Crippen LogP contribution in [-0.4, -0.2) is 80.7 Å². The maximum absolute atomic E-state index is 12.7. The largest absolute Gasteiger partial charge is 0.379 e. The zero-order valence-electron chi connectivity index (χ0n) is 13.8. The van der Waals surface area contributed by atoms with Crippen LogP contribution in [0.15, 0.2) is 28.0 Å². The molecule has 1 amide bonds. The second kappa shape index (κ2) is 7.65. The van der Waals surface area contributed by atoms with Crippen LogP contribution in [0.5, 0.6) is 0 Å². The van der Waals surface area contributed by atoms with Crippen molar-refractivity contribution in [3.63, 3.8) is 0 Å². The van der Waals surface area contributed by atoms with Gasteiger partial charge in [-0.1, -0.05) is 0 Å². The van der Waals surface area contributed by atoms with Gasteiger partial charge in [0, 0.05) is 38.4 Å². The molecular formula is C15H21N3O6S. The maximum atomic E-state index is 12.7. The Morgan fingerprint density at radius 2 is 1.60 bits per heavy atom. The average Bonchev–Trinajstić information content (AvgIpc) is 2.64. The van der Waals surface area contributed by atoms with E-state index < -0.39 is 15.6 Å². The van der Waals surface area contributed by atoms with E-state index in [0.29, 0.717) is 39.5 Å². The lowest BCUT2D eigenvalue weighted by molar-refractivity contribution is -0.135.